The first kappa shape index (κ1) is 22.3. The van der Waals surface area contributed by atoms with E-state index in [4.69, 9.17) is 4.74 Å². The van der Waals surface area contributed by atoms with Gasteiger partial charge in [-0.2, -0.15) is 0 Å². The zero-order valence-electron chi connectivity index (χ0n) is 19.3. The van der Waals surface area contributed by atoms with Crippen molar-refractivity contribution >= 4 is 39.5 Å². The number of fused-ring (bicyclic) bond motifs is 2. The average molecular weight is 445 g/mol. The summed E-state index contributed by atoms with van der Waals surface area (Å²) < 4.78 is 7.44. The van der Waals surface area contributed by atoms with Crippen LogP contribution in [0.15, 0.2) is 67.0 Å². The van der Waals surface area contributed by atoms with E-state index in [0.717, 1.165) is 21.9 Å². The molecule has 4 aromatic rings. The lowest BCUT2D eigenvalue weighted by molar-refractivity contribution is -0.118. The van der Waals surface area contributed by atoms with Gasteiger partial charge in [0.2, 0.25) is 5.91 Å². The average Bonchev–Trinajstić information content (AvgIpc) is 3.08. The van der Waals surface area contributed by atoms with E-state index in [9.17, 15) is 9.59 Å². The Balaban J connectivity index is 1.64. The standard InChI is InChI=1S/C26H28N4O3/c1-26(2,3)33-25(32)29-21(15-18-16-30(4)22-13-6-5-11-19(18)22)24(31)28-20-12-7-9-17-10-8-14-27-23(17)20/h5-14,16,21H,15H2,1-4H3,(H,28,31)(H,29,32). The number of aryl methyl sites for hydroxylation is 1. The van der Waals surface area contributed by atoms with Crippen molar-refractivity contribution in [2.24, 2.45) is 7.05 Å². The van der Waals surface area contributed by atoms with Gasteiger partial charge in [-0.15, -0.1) is 0 Å². The molecule has 0 fully saturated rings. The van der Waals surface area contributed by atoms with Gasteiger partial charge in [0.15, 0.2) is 0 Å². The Hall–Kier alpha value is -3.87. The molecule has 2 aromatic heterocycles. The lowest BCUT2D eigenvalue weighted by Crippen LogP contribution is -2.47. The Bertz CT molecular complexity index is 1310. The molecule has 0 aliphatic carbocycles. The van der Waals surface area contributed by atoms with Crippen LogP contribution in [0.5, 0.6) is 0 Å². The van der Waals surface area contributed by atoms with Gasteiger partial charge < -0.3 is 19.9 Å². The lowest BCUT2D eigenvalue weighted by Gasteiger charge is -2.23. The molecule has 0 aliphatic heterocycles. The Morgan fingerprint density at radius 1 is 1.06 bits per heavy atom. The second kappa shape index (κ2) is 8.94. The third-order valence-electron chi connectivity index (χ3n) is 5.30. The summed E-state index contributed by atoms with van der Waals surface area (Å²) in [6, 6.07) is 16.5. The van der Waals surface area contributed by atoms with Crippen LogP contribution >= 0.6 is 0 Å². The van der Waals surface area contributed by atoms with Gasteiger partial charge in [0.25, 0.3) is 0 Å². The molecule has 0 aliphatic rings. The van der Waals surface area contributed by atoms with E-state index in [1.54, 1.807) is 33.0 Å². The van der Waals surface area contributed by atoms with E-state index in [2.05, 4.69) is 15.6 Å². The molecule has 0 radical (unpaired) electrons. The summed E-state index contributed by atoms with van der Waals surface area (Å²) >= 11 is 0. The molecule has 170 valence electrons. The fourth-order valence-electron chi connectivity index (χ4n) is 3.89. The van der Waals surface area contributed by atoms with Gasteiger partial charge in [-0.1, -0.05) is 36.4 Å². The van der Waals surface area contributed by atoms with Crippen molar-refractivity contribution in [2.75, 3.05) is 5.32 Å². The molecule has 0 saturated carbocycles. The summed E-state index contributed by atoms with van der Waals surface area (Å²) in [5.74, 6) is -0.341. The van der Waals surface area contributed by atoms with Crippen molar-refractivity contribution in [3.8, 4) is 0 Å². The van der Waals surface area contributed by atoms with Crippen LogP contribution in [0.3, 0.4) is 0 Å². The van der Waals surface area contributed by atoms with Crippen LogP contribution in [0.25, 0.3) is 21.8 Å². The molecule has 1 atom stereocenters. The van der Waals surface area contributed by atoms with Crippen molar-refractivity contribution in [1.29, 1.82) is 0 Å². The van der Waals surface area contributed by atoms with Crippen molar-refractivity contribution in [2.45, 2.75) is 38.8 Å². The van der Waals surface area contributed by atoms with Crippen LogP contribution in [-0.2, 0) is 23.0 Å². The minimum atomic E-state index is -0.843. The number of aromatic nitrogens is 2. The zero-order chi connectivity index (χ0) is 23.6. The predicted molar refractivity (Wildman–Crippen MR) is 130 cm³/mol. The van der Waals surface area contributed by atoms with Crippen molar-refractivity contribution in [1.82, 2.24) is 14.9 Å². The molecule has 2 amide bonds. The monoisotopic (exact) mass is 444 g/mol. The highest BCUT2D eigenvalue weighted by Crippen LogP contribution is 2.24. The highest BCUT2D eigenvalue weighted by atomic mass is 16.6. The second-order valence-corrected chi connectivity index (χ2v) is 9.06. The molecule has 2 heterocycles. The number of alkyl carbamates (subject to hydrolysis) is 1. The number of pyridine rings is 1. The smallest absolute Gasteiger partial charge is 0.408 e. The summed E-state index contributed by atoms with van der Waals surface area (Å²) in [4.78, 5) is 30.4. The normalized spacial score (nSPS) is 12.5. The third-order valence-corrected chi connectivity index (χ3v) is 5.30. The number of para-hydroxylation sites is 2. The summed E-state index contributed by atoms with van der Waals surface area (Å²) in [5.41, 5.74) is 2.62. The van der Waals surface area contributed by atoms with E-state index in [0.29, 0.717) is 17.6 Å². The van der Waals surface area contributed by atoms with Gasteiger partial charge in [0.1, 0.15) is 11.6 Å². The van der Waals surface area contributed by atoms with Crippen LogP contribution in [0.4, 0.5) is 10.5 Å². The van der Waals surface area contributed by atoms with Crippen molar-refractivity contribution < 1.29 is 14.3 Å². The molecule has 0 spiro atoms. The van der Waals surface area contributed by atoms with Gasteiger partial charge in [0, 0.05) is 42.2 Å². The molecular weight excluding hydrogens is 416 g/mol. The largest absolute Gasteiger partial charge is 0.444 e. The molecule has 7 nitrogen and oxygen atoms in total. The first-order valence-electron chi connectivity index (χ1n) is 10.9. The molecule has 2 aromatic carbocycles. The number of carbonyl (C=O) groups excluding carboxylic acids is 2. The minimum absolute atomic E-state index is 0.310. The molecule has 7 heteroatoms. The maximum Gasteiger partial charge on any atom is 0.408 e. The highest BCUT2D eigenvalue weighted by Gasteiger charge is 2.26. The quantitative estimate of drug-likeness (QED) is 0.463. The van der Waals surface area contributed by atoms with Gasteiger partial charge in [-0.3, -0.25) is 9.78 Å². The van der Waals surface area contributed by atoms with Gasteiger partial charge in [0.05, 0.1) is 11.2 Å². The maximum atomic E-state index is 13.4. The van der Waals surface area contributed by atoms with Crippen LogP contribution in [-0.4, -0.2) is 33.2 Å². The number of benzene rings is 2. The number of anilines is 1. The highest BCUT2D eigenvalue weighted by molar-refractivity contribution is 6.03. The van der Waals surface area contributed by atoms with Crippen molar-refractivity contribution in [3.63, 3.8) is 0 Å². The number of amides is 2. The van der Waals surface area contributed by atoms with E-state index in [-0.39, 0.29) is 5.91 Å². The molecule has 2 N–H and O–H groups in total. The van der Waals surface area contributed by atoms with E-state index < -0.39 is 17.7 Å². The zero-order valence-corrected chi connectivity index (χ0v) is 19.3. The molecule has 1 unspecified atom stereocenters. The third kappa shape index (κ3) is 5.14. The van der Waals surface area contributed by atoms with Crippen LogP contribution in [0.2, 0.25) is 0 Å². The number of nitrogens with zero attached hydrogens (tertiary/aromatic N) is 2. The van der Waals surface area contributed by atoms with E-state index in [1.165, 1.54) is 0 Å². The number of carbonyl (C=O) groups is 2. The summed E-state index contributed by atoms with van der Waals surface area (Å²) in [7, 11) is 1.96. The fourth-order valence-corrected chi connectivity index (χ4v) is 3.89. The fraction of sp³-hybridized carbons (Fsp3) is 0.269. The molecule has 33 heavy (non-hydrogen) atoms. The van der Waals surface area contributed by atoms with Crippen LogP contribution in [0.1, 0.15) is 26.3 Å². The number of rotatable bonds is 5. The Morgan fingerprint density at radius 3 is 2.61 bits per heavy atom. The number of hydrogen-bond acceptors (Lipinski definition) is 4. The first-order chi connectivity index (χ1) is 15.7. The van der Waals surface area contributed by atoms with Gasteiger partial charge in [-0.25, -0.2) is 4.79 Å². The van der Waals surface area contributed by atoms with Crippen LogP contribution < -0.4 is 10.6 Å². The summed E-state index contributed by atoms with van der Waals surface area (Å²) in [5, 5.41) is 7.67. The molecule has 0 saturated heterocycles. The van der Waals surface area contributed by atoms with Gasteiger partial charge >= 0.3 is 6.09 Å². The lowest BCUT2D eigenvalue weighted by atomic mass is 10.0. The van der Waals surface area contributed by atoms with Crippen LogP contribution in [0, 0.1) is 0 Å². The Kier molecular flexibility index (Phi) is 6.05. The maximum absolute atomic E-state index is 13.4. The molecule has 4 rings (SSSR count). The Morgan fingerprint density at radius 2 is 1.82 bits per heavy atom. The topological polar surface area (TPSA) is 85.2 Å². The summed E-state index contributed by atoms with van der Waals surface area (Å²) in [6.45, 7) is 5.36. The summed E-state index contributed by atoms with van der Waals surface area (Å²) in [6.07, 6.45) is 3.34. The second-order valence-electron chi connectivity index (χ2n) is 9.06. The SMILES string of the molecule is Cn1cc(CC(NC(=O)OC(C)(C)C)C(=O)Nc2cccc3cccnc23)c2ccccc21. The predicted octanol–water partition coefficient (Wildman–Crippen LogP) is 4.80. The van der Waals surface area contributed by atoms with E-state index in [1.807, 2.05) is 66.3 Å². The molecular formula is C26H28N4O3. The number of nitrogens with one attached hydrogen (secondary N) is 2. The molecule has 0 bridgehead atoms. The Labute approximate surface area is 192 Å². The van der Waals surface area contributed by atoms with E-state index >= 15 is 0 Å². The number of hydrogen-bond donors (Lipinski definition) is 2. The minimum Gasteiger partial charge on any atom is -0.444 e. The van der Waals surface area contributed by atoms with Crippen molar-refractivity contribution in [3.05, 3.63) is 72.6 Å². The first-order valence-corrected chi connectivity index (χ1v) is 10.9. The van der Waals surface area contributed by atoms with Gasteiger partial charge in [-0.05, 0) is 44.5 Å². The number of ether oxygens (including phenoxy) is 1.